The number of primary amides is 1. The summed E-state index contributed by atoms with van der Waals surface area (Å²) in [7, 11) is 0. The van der Waals surface area contributed by atoms with E-state index >= 15 is 0 Å². The second-order valence-corrected chi connectivity index (χ2v) is 3.69. The van der Waals surface area contributed by atoms with Crippen molar-refractivity contribution in [2.75, 3.05) is 0 Å². The van der Waals surface area contributed by atoms with Crippen LogP contribution in [0, 0.1) is 13.8 Å². The Morgan fingerprint density at radius 3 is 2.67 bits per heavy atom. The van der Waals surface area contributed by atoms with Gasteiger partial charge in [0.25, 0.3) is 5.91 Å². The van der Waals surface area contributed by atoms with Gasteiger partial charge in [0.2, 0.25) is 0 Å². The topological polar surface area (TPSA) is 52.3 Å². The van der Waals surface area contributed by atoms with Gasteiger partial charge in [0.1, 0.15) is 5.75 Å². The average molecular weight is 207 g/mol. The standard InChI is InChI=1S/C12H17NO2/c1-4-10(12(13)14)15-11-7-8(2)5-6-9(11)3/h5-7,10H,4H2,1-3H3,(H2,13,14)/t10-/m0/s1. The third kappa shape index (κ3) is 2.98. The van der Waals surface area contributed by atoms with Crippen LogP contribution in [0.3, 0.4) is 0 Å². The lowest BCUT2D eigenvalue weighted by molar-refractivity contribution is -0.124. The normalized spacial score (nSPS) is 12.2. The Kier molecular flexibility index (Phi) is 3.72. The zero-order chi connectivity index (χ0) is 11.4. The molecule has 0 saturated heterocycles. The van der Waals surface area contributed by atoms with Crippen LogP contribution in [-0.4, -0.2) is 12.0 Å². The molecule has 0 radical (unpaired) electrons. The van der Waals surface area contributed by atoms with E-state index in [0.29, 0.717) is 6.42 Å². The van der Waals surface area contributed by atoms with Crippen molar-refractivity contribution in [3.8, 4) is 5.75 Å². The van der Waals surface area contributed by atoms with E-state index in [0.717, 1.165) is 16.9 Å². The molecule has 82 valence electrons. The van der Waals surface area contributed by atoms with Gasteiger partial charge in [-0.1, -0.05) is 19.1 Å². The lowest BCUT2D eigenvalue weighted by Gasteiger charge is -2.16. The number of hydrogen-bond donors (Lipinski definition) is 1. The molecule has 15 heavy (non-hydrogen) atoms. The maximum Gasteiger partial charge on any atom is 0.258 e. The molecule has 0 unspecified atom stereocenters. The number of benzene rings is 1. The Hall–Kier alpha value is -1.51. The number of carbonyl (C=O) groups is 1. The average Bonchev–Trinajstić information content (AvgIpc) is 2.18. The van der Waals surface area contributed by atoms with Gasteiger partial charge in [-0.25, -0.2) is 0 Å². The first-order chi connectivity index (χ1) is 7.04. The van der Waals surface area contributed by atoms with Crippen LogP contribution in [0.15, 0.2) is 18.2 Å². The van der Waals surface area contributed by atoms with Gasteiger partial charge in [0.15, 0.2) is 6.10 Å². The van der Waals surface area contributed by atoms with Crippen molar-refractivity contribution in [1.82, 2.24) is 0 Å². The van der Waals surface area contributed by atoms with Crippen LogP contribution in [0.4, 0.5) is 0 Å². The van der Waals surface area contributed by atoms with Crippen LogP contribution < -0.4 is 10.5 Å². The summed E-state index contributed by atoms with van der Waals surface area (Å²) in [5, 5.41) is 0. The molecule has 0 fully saturated rings. The second-order valence-electron chi connectivity index (χ2n) is 3.69. The Morgan fingerprint density at radius 1 is 1.47 bits per heavy atom. The summed E-state index contributed by atoms with van der Waals surface area (Å²) in [6, 6.07) is 5.90. The maximum absolute atomic E-state index is 11.0. The molecule has 1 atom stereocenters. The number of aryl methyl sites for hydroxylation is 2. The molecule has 0 heterocycles. The first-order valence-corrected chi connectivity index (χ1v) is 5.07. The number of nitrogens with two attached hydrogens (primary N) is 1. The highest BCUT2D eigenvalue weighted by Crippen LogP contribution is 2.20. The minimum Gasteiger partial charge on any atom is -0.480 e. The fourth-order valence-corrected chi connectivity index (χ4v) is 1.33. The lowest BCUT2D eigenvalue weighted by Crippen LogP contribution is -2.33. The molecule has 0 spiro atoms. The number of carbonyl (C=O) groups excluding carboxylic acids is 1. The fraction of sp³-hybridized carbons (Fsp3) is 0.417. The number of hydrogen-bond acceptors (Lipinski definition) is 2. The van der Waals surface area contributed by atoms with Crippen molar-refractivity contribution in [3.05, 3.63) is 29.3 Å². The van der Waals surface area contributed by atoms with E-state index in [1.165, 1.54) is 0 Å². The van der Waals surface area contributed by atoms with Crippen LogP contribution in [0.25, 0.3) is 0 Å². The zero-order valence-corrected chi connectivity index (χ0v) is 9.41. The smallest absolute Gasteiger partial charge is 0.258 e. The van der Waals surface area contributed by atoms with Crippen molar-refractivity contribution in [3.63, 3.8) is 0 Å². The summed E-state index contributed by atoms with van der Waals surface area (Å²) in [5.74, 6) is 0.319. The van der Waals surface area contributed by atoms with E-state index in [1.807, 2.05) is 39.0 Å². The first kappa shape index (κ1) is 11.6. The summed E-state index contributed by atoms with van der Waals surface area (Å²) in [5.41, 5.74) is 7.34. The third-order valence-electron chi connectivity index (χ3n) is 2.30. The number of rotatable bonds is 4. The van der Waals surface area contributed by atoms with Crippen LogP contribution >= 0.6 is 0 Å². The molecule has 1 amide bonds. The minimum absolute atomic E-state index is 0.418. The van der Waals surface area contributed by atoms with Crippen molar-refractivity contribution in [2.24, 2.45) is 5.73 Å². The Labute approximate surface area is 90.2 Å². The van der Waals surface area contributed by atoms with Crippen molar-refractivity contribution < 1.29 is 9.53 Å². The number of amides is 1. The largest absolute Gasteiger partial charge is 0.480 e. The van der Waals surface area contributed by atoms with Gasteiger partial charge in [-0.3, -0.25) is 4.79 Å². The first-order valence-electron chi connectivity index (χ1n) is 5.07. The highest BCUT2D eigenvalue weighted by Gasteiger charge is 2.15. The van der Waals surface area contributed by atoms with Crippen molar-refractivity contribution in [2.45, 2.75) is 33.3 Å². The summed E-state index contributed by atoms with van der Waals surface area (Å²) < 4.78 is 5.56. The van der Waals surface area contributed by atoms with E-state index in [1.54, 1.807) is 0 Å². The molecular weight excluding hydrogens is 190 g/mol. The Balaban J connectivity index is 2.87. The van der Waals surface area contributed by atoms with Gasteiger partial charge in [-0.2, -0.15) is 0 Å². The van der Waals surface area contributed by atoms with E-state index in [-0.39, 0.29) is 0 Å². The lowest BCUT2D eigenvalue weighted by atomic mass is 10.1. The quantitative estimate of drug-likeness (QED) is 0.820. The van der Waals surface area contributed by atoms with Crippen LogP contribution in [0.2, 0.25) is 0 Å². The SMILES string of the molecule is CC[C@H](Oc1cc(C)ccc1C)C(N)=O. The van der Waals surface area contributed by atoms with Crippen LogP contribution in [-0.2, 0) is 4.79 Å². The van der Waals surface area contributed by atoms with Gasteiger partial charge >= 0.3 is 0 Å². The molecule has 2 N–H and O–H groups in total. The van der Waals surface area contributed by atoms with Gasteiger partial charge in [0.05, 0.1) is 0 Å². The second kappa shape index (κ2) is 4.82. The molecule has 0 aromatic heterocycles. The van der Waals surface area contributed by atoms with Gasteiger partial charge < -0.3 is 10.5 Å². The molecule has 0 saturated carbocycles. The predicted octanol–water partition coefficient (Wildman–Crippen LogP) is 1.95. The Morgan fingerprint density at radius 2 is 2.13 bits per heavy atom. The van der Waals surface area contributed by atoms with Crippen LogP contribution in [0.1, 0.15) is 24.5 Å². The minimum atomic E-state index is -0.537. The Bertz CT molecular complexity index is 361. The monoisotopic (exact) mass is 207 g/mol. The van der Waals surface area contributed by atoms with Crippen molar-refractivity contribution >= 4 is 5.91 Å². The van der Waals surface area contributed by atoms with E-state index in [9.17, 15) is 4.79 Å². The summed E-state index contributed by atoms with van der Waals surface area (Å²) in [4.78, 5) is 11.0. The van der Waals surface area contributed by atoms with Gasteiger partial charge in [-0.15, -0.1) is 0 Å². The van der Waals surface area contributed by atoms with E-state index in [4.69, 9.17) is 10.5 Å². The third-order valence-corrected chi connectivity index (χ3v) is 2.30. The molecule has 1 aromatic carbocycles. The van der Waals surface area contributed by atoms with Crippen LogP contribution in [0.5, 0.6) is 5.75 Å². The molecule has 0 aliphatic rings. The summed E-state index contributed by atoms with van der Waals surface area (Å²) in [6.07, 6.45) is 0.0495. The molecule has 1 aromatic rings. The van der Waals surface area contributed by atoms with E-state index < -0.39 is 12.0 Å². The predicted molar refractivity (Wildman–Crippen MR) is 59.8 cm³/mol. The fourth-order valence-electron chi connectivity index (χ4n) is 1.33. The molecule has 0 aliphatic carbocycles. The van der Waals surface area contributed by atoms with E-state index in [2.05, 4.69) is 0 Å². The molecule has 3 heteroatoms. The highest BCUT2D eigenvalue weighted by molar-refractivity contribution is 5.79. The maximum atomic E-state index is 11.0. The number of ether oxygens (including phenoxy) is 1. The zero-order valence-electron chi connectivity index (χ0n) is 9.41. The molecule has 0 aliphatic heterocycles. The van der Waals surface area contributed by atoms with Crippen molar-refractivity contribution in [1.29, 1.82) is 0 Å². The van der Waals surface area contributed by atoms with Gasteiger partial charge in [0, 0.05) is 0 Å². The molecular formula is C12H17NO2. The molecule has 3 nitrogen and oxygen atoms in total. The summed E-state index contributed by atoms with van der Waals surface area (Å²) in [6.45, 7) is 5.81. The summed E-state index contributed by atoms with van der Waals surface area (Å²) >= 11 is 0. The van der Waals surface area contributed by atoms with Gasteiger partial charge in [-0.05, 0) is 37.5 Å². The molecule has 0 bridgehead atoms. The highest BCUT2D eigenvalue weighted by atomic mass is 16.5. The molecule has 1 rings (SSSR count).